The molecule has 3 aromatic rings. The van der Waals surface area contributed by atoms with Gasteiger partial charge in [0.1, 0.15) is 12.4 Å². The zero-order valence-electron chi connectivity index (χ0n) is 20.9. The summed E-state index contributed by atoms with van der Waals surface area (Å²) < 4.78 is 17.3. The lowest BCUT2D eigenvalue weighted by Crippen LogP contribution is -2.31. The van der Waals surface area contributed by atoms with Gasteiger partial charge >= 0.3 is 0 Å². The first-order chi connectivity index (χ1) is 17.2. The van der Waals surface area contributed by atoms with Crippen molar-refractivity contribution in [2.45, 2.75) is 45.3 Å². The first-order valence-electron chi connectivity index (χ1n) is 12.7. The van der Waals surface area contributed by atoms with E-state index in [1.807, 2.05) is 6.07 Å². The lowest BCUT2D eigenvalue weighted by Gasteiger charge is -2.30. The molecule has 0 spiro atoms. The third-order valence-electron chi connectivity index (χ3n) is 7.22. The second-order valence-corrected chi connectivity index (χ2v) is 9.43. The second-order valence-electron chi connectivity index (χ2n) is 9.43. The van der Waals surface area contributed by atoms with Crippen molar-refractivity contribution in [2.24, 2.45) is 0 Å². The van der Waals surface area contributed by atoms with Gasteiger partial charge in [-0.05, 0) is 84.7 Å². The molecule has 35 heavy (non-hydrogen) atoms. The fraction of sp³-hybridized carbons (Fsp3) is 0.355. The van der Waals surface area contributed by atoms with Crippen LogP contribution < -0.4 is 14.2 Å². The van der Waals surface area contributed by atoms with Gasteiger partial charge in [-0.3, -0.25) is 4.90 Å². The normalized spacial score (nSPS) is 15.1. The van der Waals surface area contributed by atoms with Crippen LogP contribution in [0.1, 0.15) is 47.1 Å². The highest BCUT2D eigenvalue weighted by Gasteiger charge is 2.20. The highest BCUT2D eigenvalue weighted by Crippen LogP contribution is 2.36. The van der Waals surface area contributed by atoms with Crippen molar-refractivity contribution < 1.29 is 14.2 Å². The van der Waals surface area contributed by atoms with Crippen molar-refractivity contribution in [2.75, 3.05) is 27.3 Å². The van der Waals surface area contributed by atoms with Gasteiger partial charge in [-0.25, -0.2) is 0 Å². The number of benzene rings is 3. The van der Waals surface area contributed by atoms with Crippen LogP contribution in [-0.4, -0.2) is 32.2 Å². The molecule has 0 saturated carbocycles. The van der Waals surface area contributed by atoms with Crippen LogP contribution in [0.3, 0.4) is 0 Å². The van der Waals surface area contributed by atoms with E-state index < -0.39 is 0 Å². The predicted octanol–water partition coefficient (Wildman–Crippen LogP) is 6.45. The summed E-state index contributed by atoms with van der Waals surface area (Å²) in [6.45, 7) is 3.78. The molecule has 1 aliphatic heterocycles. The maximum Gasteiger partial charge on any atom is 0.161 e. The standard InChI is InChI=1S/C31H35NO3/c1-33-30-19-25-16-18-32(21-26(25)20-31(30)34-2)17-8-12-24-11-6-14-28-27(24)13-7-15-29(28)35-22-23-9-4-3-5-10-23/h3-5,7,9-11,13,15,19-20H,6,8,12,14,16-18,21-22H2,1-2H3. The number of methoxy groups -OCH3 is 2. The Kier molecular flexibility index (Phi) is 7.39. The molecule has 182 valence electrons. The van der Waals surface area contributed by atoms with E-state index in [1.165, 1.54) is 33.4 Å². The van der Waals surface area contributed by atoms with Crippen molar-refractivity contribution in [3.8, 4) is 17.2 Å². The third kappa shape index (κ3) is 5.38. The number of hydrogen-bond donors (Lipinski definition) is 0. The Morgan fingerprint density at radius 2 is 1.63 bits per heavy atom. The molecule has 5 rings (SSSR count). The maximum absolute atomic E-state index is 6.25. The quantitative estimate of drug-likeness (QED) is 0.360. The van der Waals surface area contributed by atoms with Crippen LogP contribution in [-0.2, 0) is 26.0 Å². The fourth-order valence-corrected chi connectivity index (χ4v) is 5.36. The molecule has 0 unspecified atom stereocenters. The molecule has 4 heteroatoms. The minimum absolute atomic E-state index is 0.615. The Morgan fingerprint density at radius 3 is 2.43 bits per heavy atom. The summed E-state index contributed by atoms with van der Waals surface area (Å²) >= 11 is 0. The average molecular weight is 470 g/mol. The van der Waals surface area contributed by atoms with Crippen molar-refractivity contribution in [3.63, 3.8) is 0 Å². The van der Waals surface area contributed by atoms with Crippen molar-refractivity contribution in [3.05, 3.63) is 94.6 Å². The number of rotatable bonds is 9. The van der Waals surface area contributed by atoms with E-state index in [2.05, 4.69) is 65.6 Å². The van der Waals surface area contributed by atoms with E-state index in [-0.39, 0.29) is 0 Å². The lowest BCUT2D eigenvalue weighted by atomic mass is 9.88. The Labute approximate surface area is 209 Å². The van der Waals surface area contributed by atoms with Crippen LogP contribution in [0.15, 0.2) is 66.7 Å². The molecule has 0 saturated heterocycles. The molecule has 0 bridgehead atoms. The van der Waals surface area contributed by atoms with E-state index in [0.29, 0.717) is 6.61 Å². The molecule has 0 N–H and O–H groups in total. The van der Waals surface area contributed by atoms with Crippen LogP contribution in [0, 0.1) is 0 Å². The molecule has 3 aromatic carbocycles. The van der Waals surface area contributed by atoms with E-state index in [1.54, 1.807) is 14.2 Å². The number of nitrogens with zero attached hydrogens (tertiary/aromatic N) is 1. The SMILES string of the molecule is COc1cc2c(cc1OC)CN(CCCC1=CCCc3c(OCc4ccccc4)cccc31)CC2. The molecule has 0 fully saturated rings. The van der Waals surface area contributed by atoms with Crippen LogP contribution in [0.5, 0.6) is 17.2 Å². The first-order valence-corrected chi connectivity index (χ1v) is 12.7. The summed E-state index contributed by atoms with van der Waals surface area (Å²) in [4.78, 5) is 2.57. The van der Waals surface area contributed by atoms with Gasteiger partial charge in [-0.1, -0.05) is 48.5 Å². The van der Waals surface area contributed by atoms with Crippen LogP contribution in [0.25, 0.3) is 5.57 Å². The third-order valence-corrected chi connectivity index (χ3v) is 7.22. The summed E-state index contributed by atoms with van der Waals surface area (Å²) in [6, 6.07) is 21.2. The number of hydrogen-bond acceptors (Lipinski definition) is 4. The maximum atomic E-state index is 6.25. The lowest BCUT2D eigenvalue weighted by molar-refractivity contribution is 0.250. The fourth-order valence-electron chi connectivity index (χ4n) is 5.36. The van der Waals surface area contributed by atoms with E-state index >= 15 is 0 Å². The van der Waals surface area contributed by atoms with E-state index in [4.69, 9.17) is 14.2 Å². The van der Waals surface area contributed by atoms with Crippen LogP contribution in [0.2, 0.25) is 0 Å². The molecule has 0 amide bonds. The van der Waals surface area contributed by atoms with Gasteiger partial charge in [0.25, 0.3) is 0 Å². The van der Waals surface area contributed by atoms with Crippen molar-refractivity contribution >= 4 is 5.57 Å². The zero-order chi connectivity index (χ0) is 24.0. The molecule has 4 nitrogen and oxygen atoms in total. The second kappa shape index (κ2) is 11.0. The van der Waals surface area contributed by atoms with Gasteiger partial charge in [0.05, 0.1) is 14.2 Å². The minimum atomic E-state index is 0.615. The van der Waals surface area contributed by atoms with Crippen molar-refractivity contribution in [1.82, 2.24) is 4.90 Å². The molecule has 0 aromatic heterocycles. The number of allylic oxidation sites excluding steroid dienone is 2. The molecule has 2 aliphatic rings. The average Bonchev–Trinajstić information content (AvgIpc) is 2.91. The summed E-state index contributed by atoms with van der Waals surface area (Å²) in [6.07, 6.45) is 7.90. The monoisotopic (exact) mass is 469 g/mol. The van der Waals surface area contributed by atoms with Gasteiger partial charge in [-0.15, -0.1) is 0 Å². The molecule has 0 atom stereocenters. The molecular formula is C31H35NO3. The number of ether oxygens (including phenoxy) is 3. The first kappa shape index (κ1) is 23.5. The zero-order valence-corrected chi connectivity index (χ0v) is 20.9. The van der Waals surface area contributed by atoms with Gasteiger partial charge < -0.3 is 14.2 Å². The molecule has 1 aliphatic carbocycles. The van der Waals surface area contributed by atoms with Crippen molar-refractivity contribution in [1.29, 1.82) is 0 Å². The number of fused-ring (bicyclic) bond motifs is 2. The molecular weight excluding hydrogens is 434 g/mol. The summed E-state index contributed by atoms with van der Waals surface area (Å²) in [5.41, 5.74) is 8.16. The van der Waals surface area contributed by atoms with Gasteiger partial charge in [0, 0.05) is 18.7 Å². The molecule has 0 radical (unpaired) electrons. The Bertz CT molecular complexity index is 1190. The van der Waals surface area contributed by atoms with Gasteiger partial charge in [0.15, 0.2) is 11.5 Å². The van der Waals surface area contributed by atoms with Gasteiger partial charge in [-0.2, -0.15) is 0 Å². The predicted molar refractivity (Wildman–Crippen MR) is 141 cm³/mol. The Hall–Kier alpha value is -3.24. The smallest absolute Gasteiger partial charge is 0.161 e. The van der Waals surface area contributed by atoms with Gasteiger partial charge in [0.2, 0.25) is 0 Å². The molecule has 1 heterocycles. The summed E-state index contributed by atoms with van der Waals surface area (Å²) in [7, 11) is 3.41. The largest absolute Gasteiger partial charge is 0.493 e. The minimum Gasteiger partial charge on any atom is -0.493 e. The summed E-state index contributed by atoms with van der Waals surface area (Å²) in [5, 5.41) is 0. The van der Waals surface area contributed by atoms with E-state index in [9.17, 15) is 0 Å². The highest BCUT2D eigenvalue weighted by molar-refractivity contribution is 5.72. The van der Waals surface area contributed by atoms with Crippen LogP contribution in [0.4, 0.5) is 0 Å². The topological polar surface area (TPSA) is 30.9 Å². The highest BCUT2D eigenvalue weighted by atomic mass is 16.5. The van der Waals surface area contributed by atoms with E-state index in [0.717, 1.165) is 69.0 Å². The van der Waals surface area contributed by atoms with Crippen LogP contribution >= 0.6 is 0 Å². The Balaban J connectivity index is 1.19. The Morgan fingerprint density at radius 1 is 0.829 bits per heavy atom. The summed E-state index contributed by atoms with van der Waals surface area (Å²) in [5.74, 6) is 2.69.